The second-order valence-electron chi connectivity index (χ2n) is 2.62. The Morgan fingerprint density at radius 3 is 2.92 bits per heavy atom. The number of hydrogen-bond acceptors (Lipinski definition) is 4. The summed E-state index contributed by atoms with van der Waals surface area (Å²) in [6.07, 6.45) is 2.85. The van der Waals surface area contributed by atoms with Gasteiger partial charge in [0.1, 0.15) is 4.90 Å². The molecule has 68 valence electrons. The Bertz CT molecular complexity index is 481. The van der Waals surface area contributed by atoms with Crippen LogP contribution in [0.5, 0.6) is 0 Å². The normalized spacial score (nSPS) is 14.5. The molecule has 0 saturated carbocycles. The van der Waals surface area contributed by atoms with Gasteiger partial charge in [0.15, 0.2) is 0 Å². The first kappa shape index (κ1) is 8.65. The highest BCUT2D eigenvalue weighted by molar-refractivity contribution is 8.13. The van der Waals surface area contributed by atoms with Crippen LogP contribution < -0.4 is 0 Å². The highest BCUT2D eigenvalue weighted by atomic mass is 35.7. The fourth-order valence-electron chi connectivity index (χ4n) is 1.11. The Balaban J connectivity index is 2.57. The summed E-state index contributed by atoms with van der Waals surface area (Å²) in [7, 11) is 1.48. The van der Waals surface area contributed by atoms with E-state index in [-0.39, 0.29) is 4.90 Å². The Morgan fingerprint density at radius 2 is 2.23 bits per heavy atom. The van der Waals surface area contributed by atoms with Crippen molar-refractivity contribution in [3.63, 3.8) is 0 Å². The topological polar surface area (TPSA) is 59.4 Å². The van der Waals surface area contributed by atoms with Crippen molar-refractivity contribution in [1.82, 2.24) is 4.98 Å². The fraction of sp³-hybridized carbons (Fsp3) is 0.143. The predicted octanol–water partition coefficient (Wildman–Crippen LogP) is 0.942. The molecule has 0 bridgehead atoms. The number of hydrogen-bond donors (Lipinski definition) is 0. The molecule has 0 aromatic carbocycles. The van der Waals surface area contributed by atoms with Gasteiger partial charge in [0.2, 0.25) is 0 Å². The molecule has 2 rings (SSSR count). The van der Waals surface area contributed by atoms with Crippen LogP contribution in [0.25, 0.3) is 0 Å². The van der Waals surface area contributed by atoms with Gasteiger partial charge in [0.25, 0.3) is 9.05 Å². The Hall–Kier alpha value is -0.940. The third-order valence-corrected chi connectivity index (χ3v) is 3.05. The van der Waals surface area contributed by atoms with Crippen LogP contribution in [0.2, 0.25) is 0 Å². The van der Waals surface area contributed by atoms with Crippen LogP contribution in [0.15, 0.2) is 22.2 Å². The van der Waals surface area contributed by atoms with Gasteiger partial charge in [-0.1, -0.05) is 0 Å². The van der Waals surface area contributed by atoms with Gasteiger partial charge in [0, 0.05) is 28.7 Å². The Labute approximate surface area is 79.7 Å². The van der Waals surface area contributed by atoms with Gasteiger partial charge >= 0.3 is 0 Å². The molecular weight excluding hydrogens is 212 g/mol. The van der Waals surface area contributed by atoms with E-state index in [1.807, 2.05) is 0 Å². The van der Waals surface area contributed by atoms with E-state index in [1.165, 1.54) is 12.3 Å². The monoisotopic (exact) mass is 216 g/mol. The number of pyridine rings is 1. The van der Waals surface area contributed by atoms with E-state index in [9.17, 15) is 8.42 Å². The second-order valence-corrected chi connectivity index (χ2v) is 5.19. The van der Waals surface area contributed by atoms with E-state index in [0.29, 0.717) is 12.2 Å². The standard InChI is InChI=1S/C7H5ClN2O2S/c8-13(11,12)6-1-5-2-9-4-7(5)10-3-6/h1,3-4H,2H2. The number of halogens is 1. The van der Waals surface area contributed by atoms with E-state index in [0.717, 1.165) is 5.56 Å². The third kappa shape index (κ3) is 1.57. The summed E-state index contributed by atoms with van der Waals surface area (Å²) in [6, 6.07) is 1.50. The van der Waals surface area contributed by atoms with Crippen molar-refractivity contribution >= 4 is 25.9 Å². The Kier molecular flexibility index (Phi) is 1.85. The summed E-state index contributed by atoms with van der Waals surface area (Å²) in [5, 5.41) is 0. The maximum absolute atomic E-state index is 10.9. The van der Waals surface area contributed by atoms with E-state index < -0.39 is 9.05 Å². The van der Waals surface area contributed by atoms with Gasteiger partial charge < -0.3 is 0 Å². The average Bonchev–Trinajstić information content (AvgIpc) is 2.47. The van der Waals surface area contributed by atoms with Crippen LogP contribution in [0.3, 0.4) is 0 Å². The van der Waals surface area contributed by atoms with Gasteiger partial charge in [-0.3, -0.25) is 9.98 Å². The minimum absolute atomic E-state index is 0.0263. The maximum Gasteiger partial charge on any atom is 0.262 e. The van der Waals surface area contributed by atoms with Gasteiger partial charge in [-0.05, 0) is 6.07 Å². The Morgan fingerprint density at radius 1 is 1.46 bits per heavy atom. The highest BCUT2D eigenvalue weighted by Gasteiger charge is 2.15. The quantitative estimate of drug-likeness (QED) is 0.657. The van der Waals surface area contributed by atoms with Crippen molar-refractivity contribution in [1.29, 1.82) is 0 Å². The number of aliphatic imine (C=N–C) groups is 1. The molecule has 1 aliphatic heterocycles. The first-order valence-corrected chi connectivity index (χ1v) is 5.82. The molecule has 0 saturated heterocycles. The van der Waals surface area contributed by atoms with Crippen molar-refractivity contribution in [2.24, 2.45) is 4.99 Å². The molecule has 6 heteroatoms. The average molecular weight is 217 g/mol. The molecule has 0 N–H and O–H groups in total. The molecule has 1 aromatic heterocycles. The lowest BCUT2D eigenvalue weighted by molar-refractivity contribution is 0.609. The molecule has 0 aliphatic carbocycles. The van der Waals surface area contributed by atoms with E-state index in [1.54, 1.807) is 6.21 Å². The first-order valence-electron chi connectivity index (χ1n) is 3.51. The van der Waals surface area contributed by atoms with Crippen molar-refractivity contribution in [2.45, 2.75) is 11.4 Å². The van der Waals surface area contributed by atoms with E-state index in [4.69, 9.17) is 10.7 Å². The minimum atomic E-state index is -3.67. The summed E-state index contributed by atoms with van der Waals surface area (Å²) in [6.45, 7) is 0.475. The molecule has 1 aromatic rings. The van der Waals surface area contributed by atoms with Gasteiger partial charge in [-0.25, -0.2) is 8.42 Å². The third-order valence-electron chi connectivity index (χ3n) is 1.73. The molecule has 0 atom stereocenters. The van der Waals surface area contributed by atoms with Gasteiger partial charge in [-0.2, -0.15) is 0 Å². The number of rotatable bonds is 1. The van der Waals surface area contributed by atoms with Crippen molar-refractivity contribution in [3.05, 3.63) is 23.5 Å². The molecular formula is C7H5ClN2O2S. The van der Waals surface area contributed by atoms with Crippen LogP contribution in [0, 0.1) is 0 Å². The summed E-state index contributed by atoms with van der Waals surface area (Å²) < 4.78 is 21.8. The SMILES string of the molecule is O=S(=O)(Cl)c1cnc2c(c1)CN=C2. The summed E-state index contributed by atoms with van der Waals surface area (Å²) in [4.78, 5) is 7.89. The lowest BCUT2D eigenvalue weighted by Gasteiger charge is -1.98. The highest BCUT2D eigenvalue weighted by Crippen LogP contribution is 2.19. The zero-order chi connectivity index (χ0) is 9.47. The molecule has 0 radical (unpaired) electrons. The smallest absolute Gasteiger partial charge is 0.262 e. The summed E-state index contributed by atoms with van der Waals surface area (Å²) in [5.74, 6) is 0. The van der Waals surface area contributed by atoms with Crippen molar-refractivity contribution in [3.8, 4) is 0 Å². The summed E-state index contributed by atoms with van der Waals surface area (Å²) in [5.41, 5.74) is 1.51. The number of nitrogens with zero attached hydrogens (tertiary/aromatic N) is 2. The summed E-state index contributed by atoms with van der Waals surface area (Å²) >= 11 is 0. The molecule has 1 aliphatic rings. The fourth-order valence-corrected chi connectivity index (χ4v) is 1.82. The molecule has 2 heterocycles. The van der Waals surface area contributed by atoms with Gasteiger partial charge in [-0.15, -0.1) is 0 Å². The van der Waals surface area contributed by atoms with Crippen LogP contribution in [0.4, 0.5) is 0 Å². The molecule has 13 heavy (non-hydrogen) atoms. The zero-order valence-electron chi connectivity index (χ0n) is 6.44. The van der Waals surface area contributed by atoms with E-state index >= 15 is 0 Å². The second kappa shape index (κ2) is 2.78. The molecule has 0 amide bonds. The van der Waals surface area contributed by atoms with Crippen LogP contribution in [-0.4, -0.2) is 19.6 Å². The van der Waals surface area contributed by atoms with Crippen LogP contribution in [0.1, 0.15) is 11.3 Å². The van der Waals surface area contributed by atoms with Crippen molar-refractivity contribution < 1.29 is 8.42 Å². The first-order chi connectivity index (χ1) is 6.07. The molecule has 4 nitrogen and oxygen atoms in total. The largest absolute Gasteiger partial charge is 0.286 e. The van der Waals surface area contributed by atoms with Crippen molar-refractivity contribution in [2.75, 3.05) is 0 Å². The minimum Gasteiger partial charge on any atom is -0.286 e. The molecule has 0 spiro atoms. The lowest BCUT2D eigenvalue weighted by Crippen LogP contribution is -1.96. The van der Waals surface area contributed by atoms with E-state index in [2.05, 4.69) is 9.98 Å². The van der Waals surface area contributed by atoms with Gasteiger partial charge in [0.05, 0.1) is 12.2 Å². The predicted molar refractivity (Wildman–Crippen MR) is 48.6 cm³/mol. The molecule has 0 fully saturated rings. The number of fused-ring (bicyclic) bond motifs is 1. The van der Waals surface area contributed by atoms with Crippen LogP contribution >= 0.6 is 10.7 Å². The zero-order valence-corrected chi connectivity index (χ0v) is 8.01. The number of aromatic nitrogens is 1. The maximum atomic E-state index is 10.9. The van der Waals surface area contributed by atoms with Crippen LogP contribution in [-0.2, 0) is 15.6 Å². The molecule has 0 unspecified atom stereocenters. The lowest BCUT2D eigenvalue weighted by atomic mass is 10.2.